The summed E-state index contributed by atoms with van der Waals surface area (Å²) in [6.07, 6.45) is -1.15. The maximum absolute atomic E-state index is 12.5. The van der Waals surface area contributed by atoms with E-state index >= 15 is 0 Å². The maximum atomic E-state index is 12.5. The normalized spacial score (nSPS) is 11.9. The number of para-hydroxylation sites is 1. The fraction of sp³-hybridized carbons (Fsp3) is 0.167. The molecule has 154 valence electrons. The first-order valence-electron chi connectivity index (χ1n) is 8.00. The van der Waals surface area contributed by atoms with Crippen LogP contribution >= 0.6 is 69.6 Å². The first kappa shape index (κ1) is 23.9. The van der Waals surface area contributed by atoms with Gasteiger partial charge >= 0.3 is 5.97 Å². The molecule has 3 N–H and O–H groups in total. The minimum Gasteiger partial charge on any atom is -0.465 e. The van der Waals surface area contributed by atoms with Crippen LogP contribution in [0.4, 0.5) is 5.69 Å². The number of hydrogen-bond acceptors (Lipinski definition) is 4. The fourth-order valence-corrected chi connectivity index (χ4v) is 3.31. The van der Waals surface area contributed by atoms with E-state index in [9.17, 15) is 9.59 Å². The standard InChI is InChI=1S/C18H15Cl3IN3O3S/c1-28-15(27)12-7-2-3-8-13(12)23-17(29)25-16(18(19,20)21)24-14(26)10-5-4-6-11(22)9-10/h2-9,16H,1H3,(H,24,26)(H2,23,25,29)/t16-/m0/s1. The highest BCUT2D eigenvalue weighted by Crippen LogP contribution is 2.29. The molecular weight excluding hydrogens is 572 g/mol. The van der Waals surface area contributed by atoms with Gasteiger partial charge in [-0.15, -0.1) is 0 Å². The number of rotatable bonds is 5. The van der Waals surface area contributed by atoms with Gasteiger partial charge in [0.2, 0.25) is 3.79 Å². The number of carbonyl (C=O) groups excluding carboxylic acids is 2. The minimum atomic E-state index is -1.91. The number of carbonyl (C=O) groups is 2. The van der Waals surface area contributed by atoms with Crippen LogP contribution in [0.5, 0.6) is 0 Å². The van der Waals surface area contributed by atoms with Crippen molar-refractivity contribution in [3.8, 4) is 0 Å². The summed E-state index contributed by atoms with van der Waals surface area (Å²) in [6, 6.07) is 13.5. The zero-order valence-electron chi connectivity index (χ0n) is 14.8. The highest BCUT2D eigenvalue weighted by molar-refractivity contribution is 14.1. The molecular formula is C18H15Cl3IN3O3S. The molecule has 0 saturated carbocycles. The molecule has 0 fully saturated rings. The van der Waals surface area contributed by atoms with Gasteiger partial charge in [0.05, 0.1) is 18.4 Å². The van der Waals surface area contributed by atoms with E-state index in [0.29, 0.717) is 11.3 Å². The molecule has 2 aromatic carbocycles. The number of ether oxygens (including phenoxy) is 1. The number of nitrogens with one attached hydrogen (secondary N) is 3. The number of esters is 1. The number of halogens is 4. The molecule has 0 unspecified atom stereocenters. The van der Waals surface area contributed by atoms with E-state index in [-0.39, 0.29) is 10.7 Å². The Morgan fingerprint density at radius 1 is 1.10 bits per heavy atom. The maximum Gasteiger partial charge on any atom is 0.339 e. The summed E-state index contributed by atoms with van der Waals surface area (Å²) in [4.78, 5) is 24.4. The highest BCUT2D eigenvalue weighted by atomic mass is 127. The minimum absolute atomic E-state index is 0.0284. The van der Waals surface area contributed by atoms with Gasteiger partial charge in [-0.05, 0) is 65.1 Å². The molecule has 1 amide bonds. The first-order valence-corrected chi connectivity index (χ1v) is 10.6. The van der Waals surface area contributed by atoms with Gasteiger partial charge < -0.3 is 20.7 Å². The lowest BCUT2D eigenvalue weighted by molar-refractivity contribution is 0.0601. The van der Waals surface area contributed by atoms with Crippen LogP contribution in [0, 0.1) is 3.57 Å². The van der Waals surface area contributed by atoms with Crippen LogP contribution in [0.2, 0.25) is 0 Å². The Hall–Kier alpha value is -1.33. The molecule has 2 aromatic rings. The van der Waals surface area contributed by atoms with Crippen LogP contribution in [-0.2, 0) is 4.74 Å². The summed E-state index contributed by atoms with van der Waals surface area (Å²) in [5.74, 6) is -0.995. The first-order chi connectivity index (χ1) is 13.6. The van der Waals surface area contributed by atoms with Crippen molar-refractivity contribution < 1.29 is 14.3 Å². The van der Waals surface area contributed by atoms with Crippen molar-refractivity contribution in [2.45, 2.75) is 9.96 Å². The molecule has 2 rings (SSSR count). The number of amides is 1. The topological polar surface area (TPSA) is 79.5 Å². The predicted molar refractivity (Wildman–Crippen MR) is 128 cm³/mol. The van der Waals surface area contributed by atoms with Crippen molar-refractivity contribution in [2.24, 2.45) is 0 Å². The fourth-order valence-electron chi connectivity index (χ4n) is 2.21. The van der Waals surface area contributed by atoms with Crippen LogP contribution in [-0.4, -0.2) is 34.1 Å². The van der Waals surface area contributed by atoms with Gasteiger partial charge in [0, 0.05) is 9.13 Å². The summed E-state index contributed by atoms with van der Waals surface area (Å²) in [5, 5.41) is 8.21. The van der Waals surface area contributed by atoms with Gasteiger partial charge in [0.1, 0.15) is 6.17 Å². The van der Waals surface area contributed by atoms with Crippen LogP contribution in [0.25, 0.3) is 0 Å². The van der Waals surface area contributed by atoms with Gasteiger partial charge in [0.25, 0.3) is 5.91 Å². The zero-order valence-corrected chi connectivity index (χ0v) is 20.1. The van der Waals surface area contributed by atoms with Gasteiger partial charge in [0.15, 0.2) is 5.11 Å². The highest BCUT2D eigenvalue weighted by Gasteiger charge is 2.35. The second-order valence-corrected chi connectivity index (χ2v) is 9.62. The number of benzene rings is 2. The molecule has 0 spiro atoms. The molecule has 0 radical (unpaired) electrons. The van der Waals surface area contributed by atoms with E-state index in [2.05, 4.69) is 38.5 Å². The molecule has 0 bridgehead atoms. The van der Waals surface area contributed by atoms with E-state index in [1.807, 2.05) is 6.07 Å². The van der Waals surface area contributed by atoms with Crippen molar-refractivity contribution >= 4 is 92.3 Å². The molecule has 1 atom stereocenters. The van der Waals surface area contributed by atoms with E-state index < -0.39 is 21.8 Å². The lowest BCUT2D eigenvalue weighted by atomic mass is 10.2. The number of alkyl halides is 3. The zero-order chi connectivity index (χ0) is 21.6. The Labute approximate surface area is 201 Å². The Morgan fingerprint density at radius 2 is 1.79 bits per heavy atom. The van der Waals surface area contributed by atoms with Crippen molar-refractivity contribution in [1.82, 2.24) is 10.6 Å². The van der Waals surface area contributed by atoms with Crippen LogP contribution in [0.15, 0.2) is 48.5 Å². The lowest BCUT2D eigenvalue weighted by Gasteiger charge is -2.28. The third-order valence-corrected chi connectivity index (χ3v) is 5.09. The van der Waals surface area contributed by atoms with E-state index in [4.69, 9.17) is 51.8 Å². The van der Waals surface area contributed by atoms with Crippen LogP contribution in [0.1, 0.15) is 20.7 Å². The summed E-state index contributed by atoms with van der Waals surface area (Å²) >= 11 is 25.4. The van der Waals surface area contributed by atoms with Gasteiger partial charge in [-0.25, -0.2) is 4.79 Å². The molecule has 11 heteroatoms. The van der Waals surface area contributed by atoms with Crippen LogP contribution in [0.3, 0.4) is 0 Å². The summed E-state index contributed by atoms with van der Waals surface area (Å²) < 4.78 is 3.71. The molecule has 0 aliphatic carbocycles. The molecule has 0 heterocycles. The van der Waals surface area contributed by atoms with Gasteiger partial charge in [-0.1, -0.05) is 53.0 Å². The summed E-state index contributed by atoms with van der Waals surface area (Å²) in [5.41, 5.74) is 1.06. The van der Waals surface area contributed by atoms with Gasteiger partial charge in [-0.2, -0.15) is 0 Å². The van der Waals surface area contributed by atoms with Crippen LogP contribution < -0.4 is 16.0 Å². The summed E-state index contributed by atoms with van der Waals surface area (Å²) in [6.45, 7) is 0. The molecule has 0 aliphatic heterocycles. The quantitative estimate of drug-likeness (QED) is 0.158. The number of methoxy groups -OCH3 is 1. The third-order valence-electron chi connectivity index (χ3n) is 3.55. The van der Waals surface area contributed by atoms with Crippen molar-refractivity contribution in [1.29, 1.82) is 0 Å². The number of thiocarbonyl (C=S) groups is 1. The number of anilines is 1. The Morgan fingerprint density at radius 3 is 2.41 bits per heavy atom. The van der Waals surface area contributed by atoms with E-state index in [1.165, 1.54) is 7.11 Å². The average Bonchev–Trinajstić information content (AvgIpc) is 2.66. The Balaban J connectivity index is 2.14. The molecule has 6 nitrogen and oxygen atoms in total. The molecule has 29 heavy (non-hydrogen) atoms. The van der Waals surface area contributed by atoms with E-state index in [1.54, 1.807) is 42.5 Å². The average molecular weight is 587 g/mol. The molecule has 0 aromatic heterocycles. The third kappa shape index (κ3) is 7.14. The van der Waals surface area contributed by atoms with Crippen molar-refractivity contribution in [2.75, 3.05) is 12.4 Å². The Bertz CT molecular complexity index is 924. The van der Waals surface area contributed by atoms with E-state index in [0.717, 1.165) is 3.57 Å². The monoisotopic (exact) mass is 585 g/mol. The largest absolute Gasteiger partial charge is 0.465 e. The second kappa shape index (κ2) is 10.6. The van der Waals surface area contributed by atoms with Crippen molar-refractivity contribution in [3.05, 3.63) is 63.2 Å². The predicted octanol–water partition coefficient (Wildman–Crippen LogP) is 4.49. The number of hydrogen-bond donors (Lipinski definition) is 3. The van der Waals surface area contributed by atoms with Gasteiger partial charge in [-0.3, -0.25) is 4.79 Å². The molecule has 0 saturated heterocycles. The lowest BCUT2D eigenvalue weighted by Crippen LogP contribution is -2.56. The Kier molecular flexibility index (Phi) is 8.77. The van der Waals surface area contributed by atoms with Crippen molar-refractivity contribution in [3.63, 3.8) is 0 Å². The second-order valence-electron chi connectivity index (χ2n) is 5.59. The summed E-state index contributed by atoms with van der Waals surface area (Å²) in [7, 11) is 1.27. The molecule has 0 aliphatic rings. The SMILES string of the molecule is COC(=O)c1ccccc1NC(=S)N[C@H](NC(=O)c1cccc(I)c1)C(Cl)(Cl)Cl. The smallest absolute Gasteiger partial charge is 0.339 e.